The van der Waals surface area contributed by atoms with Crippen molar-refractivity contribution in [2.24, 2.45) is 0 Å². The third-order valence-corrected chi connectivity index (χ3v) is 3.47. The van der Waals surface area contributed by atoms with Crippen LogP contribution in [0.15, 0.2) is 18.3 Å². The molecule has 0 spiro atoms. The molecule has 1 amide bonds. The van der Waals surface area contributed by atoms with Gasteiger partial charge in [-0.2, -0.15) is 0 Å². The molecule has 1 aliphatic rings. The van der Waals surface area contributed by atoms with Gasteiger partial charge in [0, 0.05) is 12.2 Å². The van der Waals surface area contributed by atoms with Crippen LogP contribution in [0, 0.1) is 0 Å². The van der Waals surface area contributed by atoms with Crippen molar-refractivity contribution in [2.45, 2.75) is 45.2 Å². The number of rotatable bonds is 5. The van der Waals surface area contributed by atoms with E-state index in [1.165, 1.54) is 6.42 Å². The van der Waals surface area contributed by atoms with Gasteiger partial charge in [-0.1, -0.05) is 0 Å². The van der Waals surface area contributed by atoms with Crippen LogP contribution in [0.25, 0.3) is 0 Å². The van der Waals surface area contributed by atoms with Crippen LogP contribution in [0.2, 0.25) is 0 Å². The zero-order valence-electron chi connectivity index (χ0n) is 11.4. The molecule has 5 heteroatoms. The number of carbonyl (C=O) groups is 2. The SMILES string of the molecule is CCOC(=O)C(C)NC(=O)c1cccn1C1CCC1. The molecule has 5 nitrogen and oxygen atoms in total. The summed E-state index contributed by atoms with van der Waals surface area (Å²) in [5.41, 5.74) is 0.612. The average Bonchev–Trinajstić information content (AvgIpc) is 2.75. The lowest BCUT2D eigenvalue weighted by Crippen LogP contribution is -2.40. The van der Waals surface area contributed by atoms with Gasteiger partial charge in [-0.3, -0.25) is 4.79 Å². The summed E-state index contributed by atoms with van der Waals surface area (Å²) < 4.78 is 6.87. The zero-order valence-corrected chi connectivity index (χ0v) is 11.4. The molecule has 1 unspecified atom stereocenters. The number of hydrogen-bond donors (Lipinski definition) is 1. The maximum Gasteiger partial charge on any atom is 0.328 e. The molecule has 1 aliphatic carbocycles. The Morgan fingerprint density at radius 1 is 1.53 bits per heavy atom. The molecular weight excluding hydrogens is 244 g/mol. The topological polar surface area (TPSA) is 60.3 Å². The summed E-state index contributed by atoms with van der Waals surface area (Å²) in [7, 11) is 0. The van der Waals surface area contributed by atoms with Crippen molar-refractivity contribution < 1.29 is 14.3 Å². The van der Waals surface area contributed by atoms with Gasteiger partial charge in [0.05, 0.1) is 6.61 Å². The highest BCUT2D eigenvalue weighted by Gasteiger charge is 2.25. The Kier molecular flexibility index (Phi) is 4.24. The van der Waals surface area contributed by atoms with Gasteiger partial charge < -0.3 is 14.6 Å². The highest BCUT2D eigenvalue weighted by molar-refractivity contribution is 5.95. The summed E-state index contributed by atoms with van der Waals surface area (Å²) in [4.78, 5) is 23.6. The van der Waals surface area contributed by atoms with Gasteiger partial charge in [-0.15, -0.1) is 0 Å². The molecule has 1 atom stereocenters. The van der Waals surface area contributed by atoms with Crippen molar-refractivity contribution in [3.8, 4) is 0 Å². The number of aromatic nitrogens is 1. The Bertz CT molecular complexity index is 463. The van der Waals surface area contributed by atoms with E-state index in [1.54, 1.807) is 19.9 Å². The predicted molar refractivity (Wildman–Crippen MR) is 70.9 cm³/mol. The number of nitrogens with zero attached hydrogens (tertiary/aromatic N) is 1. The molecule has 1 fully saturated rings. The standard InChI is InChI=1S/C14H20N2O3/c1-3-19-14(18)10(2)15-13(17)12-8-5-9-16(12)11-6-4-7-11/h5,8-11H,3-4,6-7H2,1-2H3,(H,15,17). The predicted octanol–water partition coefficient (Wildman–Crippen LogP) is 1.89. The molecular formula is C14H20N2O3. The Balaban J connectivity index is 1.99. The minimum absolute atomic E-state index is 0.225. The van der Waals surface area contributed by atoms with Crippen LogP contribution < -0.4 is 5.32 Å². The van der Waals surface area contributed by atoms with Gasteiger partial charge in [0.15, 0.2) is 0 Å². The van der Waals surface area contributed by atoms with Gasteiger partial charge in [0.2, 0.25) is 0 Å². The summed E-state index contributed by atoms with van der Waals surface area (Å²) in [5.74, 6) is -0.630. The molecule has 0 radical (unpaired) electrons. The molecule has 0 bridgehead atoms. The molecule has 0 saturated heterocycles. The summed E-state index contributed by atoms with van der Waals surface area (Å²) >= 11 is 0. The van der Waals surface area contributed by atoms with E-state index < -0.39 is 12.0 Å². The Morgan fingerprint density at radius 3 is 2.84 bits per heavy atom. The van der Waals surface area contributed by atoms with Crippen LogP contribution >= 0.6 is 0 Å². The van der Waals surface area contributed by atoms with Crippen LogP contribution in [0.3, 0.4) is 0 Å². The summed E-state index contributed by atoms with van der Waals surface area (Å²) in [6, 6.07) is 3.44. The first-order valence-corrected chi connectivity index (χ1v) is 6.77. The third kappa shape index (κ3) is 2.97. The second kappa shape index (κ2) is 5.91. The molecule has 1 aromatic heterocycles. The third-order valence-electron chi connectivity index (χ3n) is 3.47. The van der Waals surface area contributed by atoms with Crippen molar-refractivity contribution in [3.05, 3.63) is 24.0 Å². The fraction of sp³-hybridized carbons (Fsp3) is 0.571. The summed E-state index contributed by atoms with van der Waals surface area (Å²) in [6.07, 6.45) is 5.36. The molecule has 1 heterocycles. The minimum Gasteiger partial charge on any atom is -0.464 e. The number of esters is 1. The van der Waals surface area contributed by atoms with Gasteiger partial charge in [0.1, 0.15) is 11.7 Å². The van der Waals surface area contributed by atoms with E-state index in [9.17, 15) is 9.59 Å². The monoisotopic (exact) mass is 264 g/mol. The van der Waals surface area contributed by atoms with Gasteiger partial charge in [-0.25, -0.2) is 4.79 Å². The highest BCUT2D eigenvalue weighted by atomic mass is 16.5. The van der Waals surface area contributed by atoms with Crippen LogP contribution in [0.5, 0.6) is 0 Å². The van der Waals surface area contributed by atoms with Crippen LogP contribution in [-0.2, 0) is 9.53 Å². The number of nitrogens with one attached hydrogen (secondary N) is 1. The van der Waals surface area contributed by atoms with E-state index in [0.717, 1.165) is 12.8 Å². The van der Waals surface area contributed by atoms with E-state index >= 15 is 0 Å². The van der Waals surface area contributed by atoms with Gasteiger partial charge in [-0.05, 0) is 45.2 Å². The van der Waals surface area contributed by atoms with Crippen molar-refractivity contribution >= 4 is 11.9 Å². The zero-order chi connectivity index (χ0) is 13.8. The number of carbonyl (C=O) groups excluding carboxylic acids is 2. The van der Waals surface area contributed by atoms with Gasteiger partial charge in [0.25, 0.3) is 5.91 Å². The quantitative estimate of drug-likeness (QED) is 0.826. The Morgan fingerprint density at radius 2 is 2.26 bits per heavy atom. The second-order valence-electron chi connectivity index (χ2n) is 4.83. The normalized spacial score (nSPS) is 16.5. The van der Waals surface area contributed by atoms with E-state index in [-0.39, 0.29) is 5.91 Å². The average molecular weight is 264 g/mol. The lowest BCUT2D eigenvalue weighted by atomic mass is 9.93. The van der Waals surface area contributed by atoms with E-state index in [2.05, 4.69) is 5.32 Å². The van der Waals surface area contributed by atoms with Crippen LogP contribution in [-0.4, -0.2) is 29.1 Å². The lowest BCUT2D eigenvalue weighted by Gasteiger charge is -2.29. The molecule has 19 heavy (non-hydrogen) atoms. The fourth-order valence-electron chi connectivity index (χ4n) is 2.17. The highest BCUT2D eigenvalue weighted by Crippen LogP contribution is 2.32. The summed E-state index contributed by atoms with van der Waals surface area (Å²) in [5, 5.41) is 2.68. The summed E-state index contributed by atoms with van der Waals surface area (Å²) in [6.45, 7) is 3.69. The molecule has 1 aromatic rings. The molecule has 1 saturated carbocycles. The van der Waals surface area contributed by atoms with Crippen LogP contribution in [0.4, 0.5) is 0 Å². The number of ether oxygens (including phenoxy) is 1. The van der Waals surface area contributed by atoms with Crippen molar-refractivity contribution in [2.75, 3.05) is 6.61 Å². The maximum absolute atomic E-state index is 12.2. The second-order valence-corrected chi connectivity index (χ2v) is 4.83. The smallest absolute Gasteiger partial charge is 0.328 e. The lowest BCUT2D eigenvalue weighted by molar-refractivity contribution is -0.144. The minimum atomic E-state index is -0.628. The van der Waals surface area contributed by atoms with Crippen molar-refractivity contribution in [1.29, 1.82) is 0 Å². The maximum atomic E-state index is 12.2. The molecule has 0 aromatic carbocycles. The largest absolute Gasteiger partial charge is 0.464 e. The van der Waals surface area contributed by atoms with Gasteiger partial charge >= 0.3 is 5.97 Å². The van der Waals surface area contributed by atoms with E-state index in [4.69, 9.17) is 4.74 Å². The van der Waals surface area contributed by atoms with Crippen LogP contribution in [0.1, 0.15) is 49.6 Å². The molecule has 1 N–H and O–H groups in total. The Hall–Kier alpha value is -1.78. The molecule has 0 aliphatic heterocycles. The number of amides is 1. The van der Waals surface area contributed by atoms with E-state index in [1.807, 2.05) is 16.8 Å². The van der Waals surface area contributed by atoms with Crippen molar-refractivity contribution in [3.63, 3.8) is 0 Å². The molecule has 2 rings (SSSR count). The first-order valence-electron chi connectivity index (χ1n) is 6.77. The number of hydrogen-bond acceptors (Lipinski definition) is 3. The first-order chi connectivity index (χ1) is 9.13. The fourth-order valence-corrected chi connectivity index (χ4v) is 2.17. The Labute approximate surface area is 112 Å². The van der Waals surface area contributed by atoms with E-state index in [0.29, 0.717) is 18.3 Å². The first kappa shape index (κ1) is 13.6. The van der Waals surface area contributed by atoms with Crippen molar-refractivity contribution in [1.82, 2.24) is 9.88 Å². The molecule has 104 valence electrons.